The fourth-order valence-electron chi connectivity index (χ4n) is 3.44. The number of hydrogen-bond donors (Lipinski definition) is 2. The molecule has 3 N–H and O–H groups in total. The highest BCUT2D eigenvalue weighted by molar-refractivity contribution is 7.86. The van der Waals surface area contributed by atoms with Crippen LogP contribution in [0.25, 0.3) is 10.9 Å². The van der Waals surface area contributed by atoms with Gasteiger partial charge in [0, 0.05) is 41.9 Å². The molecule has 1 aromatic carbocycles. The van der Waals surface area contributed by atoms with E-state index in [1.807, 2.05) is 0 Å². The number of rotatable bonds is 5. The van der Waals surface area contributed by atoms with Crippen LogP contribution in [0.15, 0.2) is 36.7 Å². The molecule has 0 spiro atoms. The van der Waals surface area contributed by atoms with Crippen molar-refractivity contribution in [2.45, 2.75) is 11.7 Å². The molecule has 0 amide bonds. The van der Waals surface area contributed by atoms with Crippen LogP contribution in [0, 0.1) is 0 Å². The Kier molecular flexibility index (Phi) is 5.33. The fourth-order valence-corrected chi connectivity index (χ4v) is 4.59. The van der Waals surface area contributed by atoms with Crippen LogP contribution in [0.1, 0.15) is 5.69 Å². The Balaban J connectivity index is 1.71. The minimum Gasteiger partial charge on any atom is -0.382 e. The quantitative estimate of drug-likeness (QED) is 0.566. The molecule has 1 aliphatic rings. The van der Waals surface area contributed by atoms with Crippen molar-refractivity contribution < 1.29 is 21.6 Å². The average Bonchev–Trinajstić information content (AvgIpc) is 3.05. The third-order valence-electron chi connectivity index (χ3n) is 5.01. The second-order valence-electron chi connectivity index (χ2n) is 7.21. The predicted molar refractivity (Wildman–Crippen MR) is 110 cm³/mol. The van der Waals surface area contributed by atoms with Gasteiger partial charge in [0.2, 0.25) is 0 Å². The van der Waals surface area contributed by atoms with Crippen molar-refractivity contribution in [2.75, 3.05) is 25.0 Å². The molecule has 0 aliphatic carbocycles. The molecule has 1 saturated heterocycles. The molecule has 0 bridgehead atoms. The van der Waals surface area contributed by atoms with Crippen LogP contribution in [0.5, 0.6) is 0 Å². The van der Waals surface area contributed by atoms with Crippen molar-refractivity contribution >= 4 is 50.0 Å². The molecule has 1 aliphatic heterocycles. The summed E-state index contributed by atoms with van der Waals surface area (Å²) in [5, 5.41) is 13.4. The lowest BCUT2D eigenvalue weighted by molar-refractivity contribution is -0.140. The third-order valence-corrected chi connectivity index (χ3v) is 6.42. The number of nitrogens with two attached hydrogens (primary N) is 1. The summed E-state index contributed by atoms with van der Waals surface area (Å²) in [6.45, 7) is -0.0283. The molecule has 3 aromatic rings. The summed E-state index contributed by atoms with van der Waals surface area (Å²) in [6.07, 6.45) is -1.77. The molecule has 2 aromatic heterocycles. The average molecular weight is 495 g/mol. The number of halogens is 5. The maximum absolute atomic E-state index is 13.3. The minimum atomic E-state index is -4.65. The number of benzene rings is 1. The van der Waals surface area contributed by atoms with Crippen molar-refractivity contribution in [2.24, 2.45) is 5.14 Å². The minimum absolute atomic E-state index is 0.0350. The first-order valence-electron chi connectivity index (χ1n) is 8.77. The van der Waals surface area contributed by atoms with Gasteiger partial charge in [-0.05, 0) is 24.3 Å². The van der Waals surface area contributed by atoms with Gasteiger partial charge < -0.3 is 5.32 Å². The van der Waals surface area contributed by atoms with E-state index in [0.717, 1.165) is 10.4 Å². The lowest BCUT2D eigenvalue weighted by Crippen LogP contribution is -2.68. The van der Waals surface area contributed by atoms with Crippen molar-refractivity contribution in [3.8, 4) is 0 Å². The Bertz CT molecular complexity index is 1260. The molecule has 0 saturated carbocycles. The van der Waals surface area contributed by atoms with Gasteiger partial charge in [-0.15, -0.1) is 0 Å². The van der Waals surface area contributed by atoms with Crippen LogP contribution < -0.4 is 10.5 Å². The predicted octanol–water partition coefficient (Wildman–Crippen LogP) is 3.08. The van der Waals surface area contributed by atoms with Gasteiger partial charge in [-0.3, -0.25) is 4.68 Å². The summed E-state index contributed by atoms with van der Waals surface area (Å²) in [5.41, 5.74) is -1.73. The Morgan fingerprint density at radius 1 is 1.19 bits per heavy atom. The molecule has 166 valence electrons. The molecule has 8 nitrogen and oxygen atoms in total. The van der Waals surface area contributed by atoms with E-state index in [4.69, 9.17) is 28.3 Å². The standard InChI is InChI=1S/C17H15Cl2F3N6O2S/c18-10-1-2-13-12(3-10)14(4-15(26-13)17(20,21)22)24-7-16(28-6-11(19)5-25-28)8-27(9-16)31(23,29)30/h1-6H,7-9H2,(H,24,26)(H2,23,29,30). The molecular weight excluding hydrogens is 480 g/mol. The van der Waals surface area contributed by atoms with Gasteiger partial charge in [-0.1, -0.05) is 23.2 Å². The van der Waals surface area contributed by atoms with Crippen LogP contribution in [0.2, 0.25) is 10.0 Å². The topological polar surface area (TPSA) is 106 Å². The number of aromatic nitrogens is 3. The first kappa shape index (κ1) is 22.1. The molecule has 4 rings (SSSR count). The van der Waals surface area contributed by atoms with Gasteiger partial charge in [0.15, 0.2) is 0 Å². The smallest absolute Gasteiger partial charge is 0.382 e. The van der Waals surface area contributed by atoms with Crippen LogP contribution in [0.3, 0.4) is 0 Å². The summed E-state index contributed by atoms with van der Waals surface area (Å²) in [6, 6.07) is 5.23. The highest BCUT2D eigenvalue weighted by Crippen LogP contribution is 2.36. The van der Waals surface area contributed by atoms with E-state index in [1.165, 1.54) is 35.3 Å². The van der Waals surface area contributed by atoms with E-state index in [-0.39, 0.29) is 30.8 Å². The van der Waals surface area contributed by atoms with E-state index >= 15 is 0 Å². The maximum Gasteiger partial charge on any atom is 0.433 e. The van der Waals surface area contributed by atoms with Gasteiger partial charge in [0.25, 0.3) is 10.2 Å². The first-order chi connectivity index (χ1) is 14.4. The third kappa shape index (κ3) is 4.30. The summed E-state index contributed by atoms with van der Waals surface area (Å²) in [5.74, 6) is 0. The van der Waals surface area contributed by atoms with Gasteiger partial charge in [0.05, 0.1) is 16.7 Å². The highest BCUT2D eigenvalue weighted by Gasteiger charge is 2.49. The largest absolute Gasteiger partial charge is 0.433 e. The van der Waals surface area contributed by atoms with Gasteiger partial charge in [-0.2, -0.15) is 31.0 Å². The summed E-state index contributed by atoms with van der Waals surface area (Å²) in [4.78, 5) is 3.67. The van der Waals surface area contributed by atoms with Crippen LogP contribution in [-0.2, 0) is 21.9 Å². The second kappa shape index (κ2) is 7.48. The summed E-state index contributed by atoms with van der Waals surface area (Å²) in [7, 11) is -3.93. The number of fused-ring (bicyclic) bond motifs is 1. The zero-order valence-corrected chi connectivity index (χ0v) is 17.9. The number of nitrogens with one attached hydrogen (secondary N) is 1. The maximum atomic E-state index is 13.3. The van der Waals surface area contributed by atoms with Crippen LogP contribution >= 0.6 is 23.2 Å². The van der Waals surface area contributed by atoms with Gasteiger partial charge >= 0.3 is 6.18 Å². The van der Waals surface area contributed by atoms with E-state index in [9.17, 15) is 21.6 Å². The molecule has 14 heteroatoms. The molecule has 1 fully saturated rings. The summed E-state index contributed by atoms with van der Waals surface area (Å²) >= 11 is 12.0. The second-order valence-corrected chi connectivity index (χ2v) is 9.63. The Labute approximate surface area is 184 Å². The number of nitrogens with zero attached hydrogens (tertiary/aromatic N) is 4. The van der Waals surface area contributed by atoms with E-state index < -0.39 is 27.6 Å². The summed E-state index contributed by atoms with van der Waals surface area (Å²) < 4.78 is 65.9. The van der Waals surface area contributed by atoms with E-state index in [0.29, 0.717) is 15.4 Å². The first-order valence-corrected chi connectivity index (χ1v) is 11.0. The monoisotopic (exact) mass is 494 g/mol. The Hall–Kier alpha value is -2.12. The van der Waals surface area contributed by atoms with E-state index in [1.54, 1.807) is 0 Å². The molecule has 0 unspecified atom stereocenters. The molecule has 0 radical (unpaired) electrons. The lowest BCUT2D eigenvalue weighted by atomic mass is 9.92. The van der Waals surface area contributed by atoms with Crippen molar-refractivity contribution in [3.05, 3.63) is 52.4 Å². The molecule has 0 atom stereocenters. The van der Waals surface area contributed by atoms with Crippen LogP contribution in [0.4, 0.5) is 18.9 Å². The molecular formula is C17H15Cl2F3N6O2S. The van der Waals surface area contributed by atoms with Crippen molar-refractivity contribution in [1.29, 1.82) is 0 Å². The number of hydrogen-bond acceptors (Lipinski definition) is 5. The zero-order chi connectivity index (χ0) is 22.6. The van der Waals surface area contributed by atoms with E-state index in [2.05, 4.69) is 15.4 Å². The number of pyridine rings is 1. The van der Waals surface area contributed by atoms with Crippen molar-refractivity contribution in [1.82, 2.24) is 19.1 Å². The van der Waals surface area contributed by atoms with Crippen molar-refractivity contribution in [3.63, 3.8) is 0 Å². The Morgan fingerprint density at radius 2 is 1.90 bits per heavy atom. The van der Waals surface area contributed by atoms with Gasteiger partial charge in [0.1, 0.15) is 11.2 Å². The van der Waals surface area contributed by atoms with Gasteiger partial charge in [-0.25, -0.2) is 10.1 Å². The number of alkyl halides is 3. The lowest BCUT2D eigenvalue weighted by Gasteiger charge is -2.48. The highest BCUT2D eigenvalue weighted by atomic mass is 35.5. The molecule has 31 heavy (non-hydrogen) atoms. The zero-order valence-electron chi connectivity index (χ0n) is 15.6. The Morgan fingerprint density at radius 3 is 2.48 bits per heavy atom. The SMILES string of the molecule is NS(=O)(=O)N1CC(CNc2cc(C(F)(F)F)nc3ccc(Cl)cc23)(n2cc(Cl)cn2)C1. The fraction of sp³-hybridized carbons (Fsp3) is 0.294. The number of anilines is 1. The molecule has 3 heterocycles. The van der Waals surface area contributed by atoms with Crippen LogP contribution in [-0.4, -0.2) is 47.1 Å². The normalized spacial score (nSPS) is 17.0.